The van der Waals surface area contributed by atoms with Gasteiger partial charge in [-0.15, -0.1) is 0 Å². The molecule has 31 heavy (non-hydrogen) atoms. The van der Waals surface area contributed by atoms with Crippen LogP contribution in [-0.4, -0.2) is 61.4 Å². The number of benzene rings is 1. The number of methoxy groups -OCH3 is 1. The second kappa shape index (κ2) is 11.4. The van der Waals surface area contributed by atoms with Gasteiger partial charge in [-0.1, -0.05) is 0 Å². The number of hydroxylamine groups is 2. The highest BCUT2D eigenvalue weighted by Gasteiger charge is 2.16. The first-order chi connectivity index (χ1) is 14.9. The van der Waals surface area contributed by atoms with Crippen LogP contribution in [0.3, 0.4) is 0 Å². The number of hydrogen-bond acceptors (Lipinski definition) is 8. The number of amides is 3. The van der Waals surface area contributed by atoms with Crippen LogP contribution in [0.1, 0.15) is 34.3 Å². The molecule has 11 nitrogen and oxygen atoms in total. The van der Waals surface area contributed by atoms with Gasteiger partial charge in [-0.25, -0.2) is 9.86 Å². The van der Waals surface area contributed by atoms with Crippen molar-refractivity contribution in [2.75, 3.05) is 26.9 Å². The molecule has 2 aromatic rings. The zero-order chi connectivity index (χ0) is 22.8. The maximum absolute atomic E-state index is 12.2. The fraction of sp³-hybridized carbons (Fsp3) is 0.300. The highest BCUT2D eigenvalue weighted by atomic mass is 16.5. The van der Waals surface area contributed by atoms with E-state index in [-0.39, 0.29) is 37.4 Å². The standard InChI is InChI=1S/C20H23N3O8/c1-3-30-15-9-13(8-14(10-15)20(27)29-2)16-4-5-17(31-16)19(26)22-11-21-18(25)6-7-23(28)12-24/h4-5,8-10,12,28H,3,6-7,11H2,1-2H3,(H,21,25)(H,22,26). The molecular formula is C20H23N3O8. The van der Waals surface area contributed by atoms with E-state index in [2.05, 4.69) is 10.6 Å². The highest BCUT2D eigenvalue weighted by molar-refractivity contribution is 5.93. The molecule has 0 unspecified atom stereocenters. The topological polar surface area (TPSA) is 147 Å². The van der Waals surface area contributed by atoms with E-state index >= 15 is 0 Å². The predicted octanol–water partition coefficient (Wildman–Crippen LogP) is 1.17. The summed E-state index contributed by atoms with van der Waals surface area (Å²) in [6, 6.07) is 7.78. The van der Waals surface area contributed by atoms with Gasteiger partial charge in [0.05, 0.1) is 32.5 Å². The molecule has 166 valence electrons. The molecule has 0 aliphatic rings. The van der Waals surface area contributed by atoms with Crippen LogP contribution in [0.25, 0.3) is 11.3 Å². The third kappa shape index (κ3) is 6.85. The van der Waals surface area contributed by atoms with Crippen molar-refractivity contribution in [1.29, 1.82) is 0 Å². The van der Waals surface area contributed by atoms with Crippen LogP contribution in [0.4, 0.5) is 0 Å². The van der Waals surface area contributed by atoms with E-state index in [1.165, 1.54) is 13.2 Å². The van der Waals surface area contributed by atoms with Crippen LogP contribution >= 0.6 is 0 Å². The van der Waals surface area contributed by atoms with Gasteiger partial charge in [0, 0.05) is 12.0 Å². The average Bonchev–Trinajstić information content (AvgIpc) is 3.27. The van der Waals surface area contributed by atoms with Gasteiger partial charge in [0.1, 0.15) is 11.5 Å². The number of furan rings is 1. The first kappa shape index (κ1) is 23.4. The van der Waals surface area contributed by atoms with E-state index in [1.807, 2.05) is 0 Å². The Morgan fingerprint density at radius 2 is 1.97 bits per heavy atom. The van der Waals surface area contributed by atoms with Gasteiger partial charge in [0.2, 0.25) is 12.3 Å². The summed E-state index contributed by atoms with van der Waals surface area (Å²) < 4.78 is 15.8. The normalized spacial score (nSPS) is 10.2. The van der Waals surface area contributed by atoms with Gasteiger partial charge in [-0.05, 0) is 37.3 Å². The molecule has 0 aliphatic heterocycles. The fourth-order valence-electron chi connectivity index (χ4n) is 2.51. The summed E-state index contributed by atoms with van der Waals surface area (Å²) in [6.45, 7) is 1.86. The first-order valence-corrected chi connectivity index (χ1v) is 9.30. The molecule has 0 atom stereocenters. The molecule has 0 radical (unpaired) electrons. The Balaban J connectivity index is 2.01. The molecule has 1 aromatic carbocycles. The lowest BCUT2D eigenvalue weighted by molar-refractivity contribution is -0.150. The van der Waals surface area contributed by atoms with Crippen LogP contribution in [-0.2, 0) is 14.3 Å². The Kier molecular flexibility index (Phi) is 8.58. The molecule has 3 amide bonds. The molecule has 1 aromatic heterocycles. The fourth-order valence-corrected chi connectivity index (χ4v) is 2.51. The van der Waals surface area contributed by atoms with Gasteiger partial charge >= 0.3 is 5.97 Å². The molecule has 0 saturated heterocycles. The van der Waals surface area contributed by atoms with Crippen LogP contribution in [0.2, 0.25) is 0 Å². The van der Waals surface area contributed by atoms with Crippen molar-refractivity contribution in [1.82, 2.24) is 15.7 Å². The number of carbonyl (C=O) groups is 4. The van der Waals surface area contributed by atoms with Crippen molar-refractivity contribution < 1.29 is 38.3 Å². The Morgan fingerprint density at radius 3 is 2.65 bits per heavy atom. The lowest BCUT2D eigenvalue weighted by Gasteiger charge is -2.09. The van der Waals surface area contributed by atoms with Crippen molar-refractivity contribution in [2.24, 2.45) is 0 Å². The number of hydrogen-bond donors (Lipinski definition) is 3. The van der Waals surface area contributed by atoms with Crippen molar-refractivity contribution in [3.63, 3.8) is 0 Å². The van der Waals surface area contributed by atoms with E-state index in [9.17, 15) is 19.2 Å². The van der Waals surface area contributed by atoms with Crippen molar-refractivity contribution in [3.8, 4) is 17.1 Å². The van der Waals surface area contributed by atoms with Gasteiger partial charge in [0.15, 0.2) is 5.76 Å². The summed E-state index contributed by atoms with van der Waals surface area (Å²) in [4.78, 5) is 46.0. The minimum absolute atomic E-state index is 0.00633. The molecule has 3 N–H and O–H groups in total. The number of esters is 1. The summed E-state index contributed by atoms with van der Waals surface area (Å²) in [5, 5.41) is 14.2. The summed E-state index contributed by atoms with van der Waals surface area (Å²) in [5.41, 5.74) is 0.784. The molecule has 1 heterocycles. The molecule has 0 fully saturated rings. The number of ether oxygens (including phenoxy) is 2. The summed E-state index contributed by atoms with van der Waals surface area (Å²) >= 11 is 0. The Labute approximate surface area is 177 Å². The molecule has 0 bridgehead atoms. The van der Waals surface area contributed by atoms with Gasteiger partial charge in [0.25, 0.3) is 5.91 Å². The van der Waals surface area contributed by atoms with Crippen LogP contribution in [0, 0.1) is 0 Å². The monoisotopic (exact) mass is 433 g/mol. The van der Waals surface area contributed by atoms with Gasteiger partial charge in [-0.2, -0.15) is 0 Å². The molecule has 0 aliphatic carbocycles. The summed E-state index contributed by atoms with van der Waals surface area (Å²) in [6.07, 6.45) is 0.0520. The third-order valence-corrected chi connectivity index (χ3v) is 3.98. The first-order valence-electron chi connectivity index (χ1n) is 9.30. The van der Waals surface area contributed by atoms with Crippen LogP contribution in [0.5, 0.6) is 5.75 Å². The maximum atomic E-state index is 12.2. The number of carbonyl (C=O) groups excluding carboxylic acids is 4. The zero-order valence-corrected chi connectivity index (χ0v) is 17.0. The van der Waals surface area contributed by atoms with Crippen LogP contribution in [0.15, 0.2) is 34.7 Å². The Hall–Kier alpha value is -3.86. The maximum Gasteiger partial charge on any atom is 0.338 e. The smallest absolute Gasteiger partial charge is 0.338 e. The third-order valence-electron chi connectivity index (χ3n) is 3.98. The van der Waals surface area contributed by atoms with Gasteiger partial charge < -0.3 is 24.5 Å². The summed E-state index contributed by atoms with van der Waals surface area (Å²) in [5.74, 6) is -0.810. The number of nitrogens with zero attached hydrogens (tertiary/aromatic N) is 1. The van der Waals surface area contributed by atoms with Gasteiger partial charge in [-0.3, -0.25) is 19.6 Å². The van der Waals surface area contributed by atoms with E-state index in [1.54, 1.807) is 31.2 Å². The summed E-state index contributed by atoms with van der Waals surface area (Å²) in [7, 11) is 1.27. The molecule has 0 saturated carbocycles. The molecule has 11 heteroatoms. The van der Waals surface area contributed by atoms with E-state index in [0.717, 1.165) is 0 Å². The minimum Gasteiger partial charge on any atom is -0.494 e. The van der Waals surface area contributed by atoms with E-state index < -0.39 is 17.8 Å². The highest BCUT2D eigenvalue weighted by Crippen LogP contribution is 2.28. The van der Waals surface area contributed by atoms with E-state index in [4.69, 9.17) is 19.1 Å². The molecule has 0 spiro atoms. The van der Waals surface area contributed by atoms with Crippen molar-refractivity contribution in [3.05, 3.63) is 41.7 Å². The zero-order valence-electron chi connectivity index (χ0n) is 17.0. The Bertz CT molecular complexity index is 940. The van der Waals surface area contributed by atoms with Crippen molar-refractivity contribution in [2.45, 2.75) is 13.3 Å². The van der Waals surface area contributed by atoms with Crippen LogP contribution < -0.4 is 15.4 Å². The predicted molar refractivity (Wildman–Crippen MR) is 106 cm³/mol. The number of nitrogens with one attached hydrogen (secondary N) is 2. The molecular weight excluding hydrogens is 410 g/mol. The number of rotatable bonds is 11. The lowest BCUT2D eigenvalue weighted by Crippen LogP contribution is -2.38. The largest absolute Gasteiger partial charge is 0.494 e. The lowest BCUT2D eigenvalue weighted by atomic mass is 10.1. The quantitative estimate of drug-likeness (QED) is 0.157. The SMILES string of the molecule is CCOc1cc(C(=O)OC)cc(-c2ccc(C(=O)NCNC(=O)CCN(O)C=O)o2)c1. The van der Waals surface area contributed by atoms with E-state index in [0.29, 0.717) is 28.7 Å². The Morgan fingerprint density at radius 1 is 1.19 bits per heavy atom. The van der Waals surface area contributed by atoms with Crippen molar-refractivity contribution >= 4 is 24.2 Å². The second-order valence-corrected chi connectivity index (χ2v) is 6.14. The second-order valence-electron chi connectivity index (χ2n) is 6.14. The minimum atomic E-state index is -0.572. The molecule has 2 rings (SSSR count). The average molecular weight is 433 g/mol.